The van der Waals surface area contributed by atoms with E-state index in [1.807, 2.05) is 22.7 Å². The molecule has 0 saturated heterocycles. The molecule has 0 N–H and O–H groups in total. The van der Waals surface area contributed by atoms with Crippen molar-refractivity contribution < 1.29 is 48.0 Å². The van der Waals surface area contributed by atoms with Crippen LogP contribution in [0.5, 0.6) is 0 Å². The number of allylic oxidation sites excluding steroid dienone is 2. The Morgan fingerprint density at radius 1 is 0.468 bits per heavy atom. The van der Waals surface area contributed by atoms with E-state index in [4.69, 9.17) is 0 Å². The molecule has 6 aromatic rings. The number of hydrogen-bond donors (Lipinski definition) is 0. The van der Waals surface area contributed by atoms with Gasteiger partial charge >= 0.3 is 288 Å². The van der Waals surface area contributed by atoms with Crippen LogP contribution >= 0.6 is 22.7 Å². The van der Waals surface area contributed by atoms with E-state index in [1.165, 1.54) is 75.1 Å². The summed E-state index contributed by atoms with van der Waals surface area (Å²) in [5.41, 5.74) is 13.7. The van der Waals surface area contributed by atoms with Gasteiger partial charge in [-0.3, -0.25) is 0 Å². The van der Waals surface area contributed by atoms with Crippen LogP contribution in [-0.2, 0) is 23.2 Å². The average Bonchev–Trinajstić information content (AvgIpc) is 3.82. The first-order valence-corrected chi connectivity index (χ1v) is 19.7. The zero-order chi connectivity index (χ0) is 30.7. The molecule has 0 spiro atoms. The first kappa shape index (κ1) is 34.1. The Hall–Kier alpha value is -2.78. The van der Waals surface area contributed by atoms with Crippen LogP contribution in [0.4, 0.5) is 0 Å². The fraction of sp³-hybridized carbons (Fsp3) is 0.143. The fourth-order valence-corrected chi connectivity index (χ4v) is 13.7. The van der Waals surface area contributed by atoms with Crippen molar-refractivity contribution in [1.29, 1.82) is 0 Å². The largest absolute Gasteiger partial charge is 1.00 e. The van der Waals surface area contributed by atoms with Crippen molar-refractivity contribution in [2.75, 3.05) is 0 Å². The maximum Gasteiger partial charge on any atom is -1.00 e. The van der Waals surface area contributed by atoms with Crippen molar-refractivity contribution in [2.45, 2.75) is 39.5 Å². The summed E-state index contributed by atoms with van der Waals surface area (Å²) in [5, 5.41) is 0. The van der Waals surface area contributed by atoms with Gasteiger partial charge in [-0.15, -0.1) is 0 Å². The van der Waals surface area contributed by atoms with Gasteiger partial charge in [0.05, 0.1) is 0 Å². The van der Waals surface area contributed by atoms with Crippen molar-refractivity contribution in [3.05, 3.63) is 169 Å². The molecule has 2 unspecified atom stereocenters. The van der Waals surface area contributed by atoms with Crippen LogP contribution < -0.4 is 24.8 Å². The van der Waals surface area contributed by atoms with E-state index in [0.717, 1.165) is 0 Å². The number of hydrogen-bond acceptors (Lipinski definition) is 2. The van der Waals surface area contributed by atoms with E-state index in [9.17, 15) is 0 Å². The van der Waals surface area contributed by atoms with Gasteiger partial charge in [-0.1, -0.05) is 0 Å². The van der Waals surface area contributed by atoms with Gasteiger partial charge in [-0.2, -0.15) is 0 Å². The quantitative estimate of drug-likeness (QED) is 0.191. The molecule has 2 heterocycles. The van der Waals surface area contributed by atoms with Gasteiger partial charge in [0.2, 0.25) is 0 Å². The van der Waals surface area contributed by atoms with Crippen LogP contribution in [0.3, 0.4) is 0 Å². The van der Waals surface area contributed by atoms with Crippen molar-refractivity contribution in [1.82, 2.24) is 0 Å². The minimum Gasteiger partial charge on any atom is -1.00 e. The molecule has 232 valence electrons. The maximum atomic E-state index is 2.61. The fourth-order valence-electron chi connectivity index (χ4n) is 6.99. The minimum absolute atomic E-state index is 0. The van der Waals surface area contributed by atoms with E-state index in [0.29, 0.717) is 11.8 Å². The van der Waals surface area contributed by atoms with E-state index in [-0.39, 0.29) is 24.8 Å². The second-order valence-electron chi connectivity index (χ2n) is 12.4. The van der Waals surface area contributed by atoms with Crippen LogP contribution in [0, 0.1) is 27.7 Å². The monoisotopic (exact) mass is 762 g/mol. The second-order valence-corrected chi connectivity index (χ2v) is 18.5. The second kappa shape index (κ2) is 14.0. The summed E-state index contributed by atoms with van der Waals surface area (Å²) < 4.78 is 3.34. The number of rotatable bonds is 6. The molecular formula is C42H34Cl2S2Zr. The van der Waals surface area contributed by atoms with Crippen LogP contribution in [0.25, 0.3) is 34.4 Å². The normalized spacial score (nSPS) is 15.9. The summed E-state index contributed by atoms with van der Waals surface area (Å²) in [7, 11) is 0. The number of benzene rings is 4. The SMILES string of the molecule is Cc1ccc(-c2cccc3c2C=[C]([Zr+2][C]2=Cc4c(-c5ccc(C)cc5)cccc4C2c2ccc(C)s2)C3c2ccc(C)s2)cc1.[Cl-].[Cl-]. The first-order valence-electron chi connectivity index (χ1n) is 15.7. The number of halogens is 2. The Morgan fingerprint density at radius 2 is 0.872 bits per heavy atom. The molecule has 0 amide bonds. The third kappa shape index (κ3) is 6.39. The van der Waals surface area contributed by atoms with Crippen molar-refractivity contribution in [3.8, 4) is 22.3 Å². The van der Waals surface area contributed by atoms with Gasteiger partial charge < -0.3 is 24.8 Å². The average molecular weight is 765 g/mol. The molecule has 8 rings (SSSR count). The van der Waals surface area contributed by atoms with Gasteiger partial charge in [-0.25, -0.2) is 0 Å². The molecule has 2 atom stereocenters. The van der Waals surface area contributed by atoms with Crippen LogP contribution in [0.2, 0.25) is 0 Å². The molecule has 0 saturated carbocycles. The first-order chi connectivity index (χ1) is 21.9. The summed E-state index contributed by atoms with van der Waals surface area (Å²) in [6.45, 7) is 8.83. The molecule has 4 aromatic carbocycles. The van der Waals surface area contributed by atoms with E-state index in [2.05, 4.69) is 149 Å². The Bertz CT molecular complexity index is 1980. The van der Waals surface area contributed by atoms with E-state index < -0.39 is 23.2 Å². The van der Waals surface area contributed by atoms with Crippen LogP contribution in [0.1, 0.15) is 64.7 Å². The summed E-state index contributed by atoms with van der Waals surface area (Å²) in [5.74, 6) is 0.699. The molecule has 0 radical (unpaired) electrons. The molecular weight excluding hydrogens is 731 g/mol. The third-order valence-electron chi connectivity index (χ3n) is 9.23. The smallest absolute Gasteiger partial charge is 1.00 e. The number of fused-ring (bicyclic) bond motifs is 2. The third-order valence-corrected chi connectivity index (χ3v) is 14.9. The van der Waals surface area contributed by atoms with Gasteiger partial charge in [0.1, 0.15) is 0 Å². The molecule has 0 nitrogen and oxygen atoms in total. The summed E-state index contributed by atoms with van der Waals surface area (Å²) >= 11 is 2.75. The standard InChI is InChI=1S/2C21H17S.2ClH.Zr/c2*1-14-6-9-16(10-7-14)17-4-3-5-18-19(17)11-12-20(18)21-13-8-15(2)22-21;;;/h2*3-11,13,20H,1-2H3;2*1H;/q;;;;+2/p-2. The van der Waals surface area contributed by atoms with Crippen LogP contribution in [0.15, 0.2) is 116 Å². The van der Waals surface area contributed by atoms with Crippen molar-refractivity contribution >= 4 is 34.8 Å². The van der Waals surface area contributed by atoms with Gasteiger partial charge in [0.25, 0.3) is 0 Å². The van der Waals surface area contributed by atoms with Crippen molar-refractivity contribution in [2.24, 2.45) is 0 Å². The Labute approximate surface area is 310 Å². The zero-order valence-electron chi connectivity index (χ0n) is 26.8. The van der Waals surface area contributed by atoms with E-state index >= 15 is 0 Å². The molecule has 0 fully saturated rings. The summed E-state index contributed by atoms with van der Waals surface area (Å²) in [6, 6.07) is 41.5. The Kier molecular flexibility index (Phi) is 10.1. The van der Waals surface area contributed by atoms with E-state index in [1.54, 1.807) is 6.56 Å². The maximum absolute atomic E-state index is 2.61. The predicted octanol–water partition coefficient (Wildman–Crippen LogP) is 6.14. The van der Waals surface area contributed by atoms with Gasteiger partial charge in [-0.05, 0) is 0 Å². The minimum atomic E-state index is -1.19. The Balaban J connectivity index is 0.00000193. The summed E-state index contributed by atoms with van der Waals surface area (Å²) in [4.78, 5) is 5.75. The molecule has 2 aliphatic rings. The number of aryl methyl sites for hydroxylation is 4. The topological polar surface area (TPSA) is 0 Å². The molecule has 2 aliphatic carbocycles. The molecule has 47 heavy (non-hydrogen) atoms. The predicted molar refractivity (Wildman–Crippen MR) is 191 cm³/mol. The molecule has 5 heteroatoms. The van der Waals surface area contributed by atoms with Gasteiger partial charge in [0, 0.05) is 0 Å². The van der Waals surface area contributed by atoms with Crippen molar-refractivity contribution in [3.63, 3.8) is 0 Å². The van der Waals surface area contributed by atoms with Crippen LogP contribution in [-0.4, -0.2) is 0 Å². The number of thiophene rings is 2. The van der Waals surface area contributed by atoms with Gasteiger partial charge in [0.15, 0.2) is 0 Å². The molecule has 2 aromatic heterocycles. The molecule has 0 bridgehead atoms. The Morgan fingerprint density at radius 3 is 1.23 bits per heavy atom. The zero-order valence-corrected chi connectivity index (χ0v) is 32.4. The molecule has 0 aliphatic heterocycles. The summed E-state index contributed by atoms with van der Waals surface area (Å²) in [6.07, 6.45) is 5.22.